The number of aromatic nitrogens is 2. The number of hydrogen-bond acceptors (Lipinski definition) is 5. The summed E-state index contributed by atoms with van der Waals surface area (Å²) in [5, 5.41) is 8.57. The van der Waals surface area contributed by atoms with Crippen molar-refractivity contribution in [2.45, 2.75) is 18.4 Å². The average Bonchev–Trinajstić information content (AvgIpc) is 2.84. The molecule has 1 aromatic carbocycles. The smallest absolute Gasteiger partial charge is 0.246 e. The monoisotopic (exact) mass is 309 g/mol. The number of carbonyl (C=O) groups excluding carboxylic acids is 1. The second-order valence-corrected chi connectivity index (χ2v) is 6.09. The molecule has 2 rings (SSSR count). The summed E-state index contributed by atoms with van der Waals surface area (Å²) in [6, 6.07) is 6.81. The second-order valence-electron chi connectivity index (χ2n) is 4.35. The van der Waals surface area contributed by atoms with Crippen LogP contribution in [0.2, 0.25) is 0 Å². The molecule has 0 saturated carbocycles. The van der Waals surface area contributed by atoms with E-state index >= 15 is 0 Å². The first kappa shape index (κ1) is 15.0. The molecule has 0 aliphatic heterocycles. The van der Waals surface area contributed by atoms with Crippen molar-refractivity contribution in [1.29, 1.82) is 0 Å². The quantitative estimate of drug-likeness (QED) is 0.636. The number of nitrogens with zero attached hydrogens (tertiary/aromatic N) is 1. The molecule has 0 aliphatic carbocycles. The Morgan fingerprint density at radius 2 is 2.00 bits per heavy atom. The number of amides is 1. The van der Waals surface area contributed by atoms with Crippen LogP contribution in [0.25, 0.3) is 0 Å². The number of nitrogens with one attached hydrogen (secondary N) is 3. The van der Waals surface area contributed by atoms with Gasteiger partial charge in [0.2, 0.25) is 15.9 Å². The van der Waals surface area contributed by atoms with Gasteiger partial charge in [0.25, 0.3) is 0 Å². The van der Waals surface area contributed by atoms with Crippen LogP contribution in [0, 0.1) is 0 Å². The van der Waals surface area contributed by atoms with E-state index in [2.05, 4.69) is 20.2 Å². The van der Waals surface area contributed by atoms with Gasteiger partial charge in [0.05, 0.1) is 6.20 Å². The predicted octanol–water partition coefficient (Wildman–Crippen LogP) is 0.429. The number of H-pyrrole nitrogens is 1. The summed E-state index contributed by atoms with van der Waals surface area (Å²) in [5.41, 5.74) is 6.88. The van der Waals surface area contributed by atoms with Crippen molar-refractivity contribution in [1.82, 2.24) is 14.9 Å². The molecule has 0 atom stereocenters. The summed E-state index contributed by atoms with van der Waals surface area (Å²) in [6.07, 6.45) is 1.15. The number of hydrogen-bond donors (Lipinski definition) is 4. The van der Waals surface area contributed by atoms with Crippen LogP contribution in [0.1, 0.15) is 12.5 Å². The van der Waals surface area contributed by atoms with Gasteiger partial charge in [-0.25, -0.2) is 13.1 Å². The molecule has 112 valence electrons. The summed E-state index contributed by atoms with van der Waals surface area (Å²) in [4.78, 5) is 10.8. The van der Waals surface area contributed by atoms with E-state index < -0.39 is 10.0 Å². The van der Waals surface area contributed by atoms with Gasteiger partial charge in [-0.05, 0) is 17.7 Å². The van der Waals surface area contributed by atoms with Crippen LogP contribution < -0.4 is 15.8 Å². The normalized spacial score (nSPS) is 11.3. The predicted molar refractivity (Wildman–Crippen MR) is 77.8 cm³/mol. The van der Waals surface area contributed by atoms with E-state index in [0.717, 1.165) is 11.8 Å². The van der Waals surface area contributed by atoms with Crippen molar-refractivity contribution in [2.75, 3.05) is 11.1 Å². The minimum atomic E-state index is -3.71. The third-order valence-electron chi connectivity index (χ3n) is 2.66. The van der Waals surface area contributed by atoms with E-state index in [4.69, 9.17) is 5.73 Å². The highest BCUT2D eigenvalue weighted by molar-refractivity contribution is 7.89. The first-order chi connectivity index (χ1) is 9.88. The summed E-state index contributed by atoms with van der Waals surface area (Å²) in [6.45, 7) is 1.52. The molecule has 1 aromatic heterocycles. The molecular formula is C12H15N5O3S. The Kier molecular flexibility index (Phi) is 4.24. The minimum absolute atomic E-state index is 0.0106. The summed E-state index contributed by atoms with van der Waals surface area (Å²) in [7, 11) is -3.71. The van der Waals surface area contributed by atoms with Crippen molar-refractivity contribution in [2.24, 2.45) is 0 Å². The lowest BCUT2D eigenvalue weighted by atomic mass is 10.2. The highest BCUT2D eigenvalue weighted by Crippen LogP contribution is 2.15. The van der Waals surface area contributed by atoms with Crippen LogP contribution in [-0.2, 0) is 21.4 Å². The zero-order chi connectivity index (χ0) is 15.5. The molecule has 1 heterocycles. The third-order valence-corrected chi connectivity index (χ3v) is 4.09. The Bertz CT molecular complexity index is 737. The van der Waals surface area contributed by atoms with Crippen LogP contribution in [-0.4, -0.2) is 24.5 Å². The maximum Gasteiger partial charge on any atom is 0.246 e. The van der Waals surface area contributed by atoms with Crippen LogP contribution in [0.15, 0.2) is 35.4 Å². The van der Waals surface area contributed by atoms with Gasteiger partial charge < -0.3 is 11.1 Å². The summed E-state index contributed by atoms with van der Waals surface area (Å²) in [5.74, 6) is -0.178. The molecule has 21 heavy (non-hydrogen) atoms. The van der Waals surface area contributed by atoms with Crippen molar-refractivity contribution < 1.29 is 13.2 Å². The summed E-state index contributed by atoms with van der Waals surface area (Å²) < 4.78 is 26.4. The van der Waals surface area contributed by atoms with Gasteiger partial charge in [-0.1, -0.05) is 12.1 Å². The van der Waals surface area contributed by atoms with E-state index in [-0.39, 0.29) is 23.2 Å². The lowest BCUT2D eigenvalue weighted by Crippen LogP contribution is -2.23. The van der Waals surface area contributed by atoms with Gasteiger partial charge in [-0.15, -0.1) is 0 Å². The fourth-order valence-electron chi connectivity index (χ4n) is 1.66. The molecule has 0 aliphatic rings. The number of nitrogen functional groups attached to an aromatic ring is 1. The molecule has 8 nitrogen and oxygen atoms in total. The van der Waals surface area contributed by atoms with E-state index in [1.165, 1.54) is 6.92 Å². The zero-order valence-electron chi connectivity index (χ0n) is 11.3. The van der Waals surface area contributed by atoms with Crippen molar-refractivity contribution >= 4 is 27.4 Å². The lowest BCUT2D eigenvalue weighted by molar-refractivity contribution is -0.114. The Labute approximate surface area is 121 Å². The lowest BCUT2D eigenvalue weighted by Gasteiger charge is -2.07. The molecule has 0 bridgehead atoms. The average molecular weight is 309 g/mol. The minimum Gasteiger partial charge on any atom is -0.383 e. The van der Waals surface area contributed by atoms with Crippen molar-refractivity contribution in [3.8, 4) is 0 Å². The van der Waals surface area contributed by atoms with E-state index in [9.17, 15) is 13.2 Å². The van der Waals surface area contributed by atoms with Gasteiger partial charge in [0.1, 0.15) is 10.7 Å². The van der Waals surface area contributed by atoms with Gasteiger partial charge in [-0.2, -0.15) is 5.10 Å². The molecular weight excluding hydrogens is 294 g/mol. The number of anilines is 2. The van der Waals surface area contributed by atoms with Gasteiger partial charge in [-0.3, -0.25) is 9.89 Å². The van der Waals surface area contributed by atoms with E-state index in [0.29, 0.717) is 5.69 Å². The molecule has 0 spiro atoms. The first-order valence-corrected chi connectivity index (χ1v) is 7.52. The van der Waals surface area contributed by atoms with Crippen LogP contribution >= 0.6 is 0 Å². The van der Waals surface area contributed by atoms with E-state index in [1.54, 1.807) is 24.3 Å². The fourth-order valence-corrected chi connectivity index (χ4v) is 2.70. The number of benzene rings is 1. The number of carbonyl (C=O) groups is 1. The Morgan fingerprint density at radius 3 is 2.52 bits per heavy atom. The van der Waals surface area contributed by atoms with Gasteiger partial charge in [0, 0.05) is 19.2 Å². The van der Waals surface area contributed by atoms with Crippen LogP contribution in [0.4, 0.5) is 11.5 Å². The highest BCUT2D eigenvalue weighted by Gasteiger charge is 2.18. The maximum absolute atomic E-state index is 12.0. The first-order valence-electron chi connectivity index (χ1n) is 6.03. The molecule has 5 N–H and O–H groups in total. The second kappa shape index (κ2) is 5.94. The van der Waals surface area contributed by atoms with Gasteiger partial charge >= 0.3 is 0 Å². The summed E-state index contributed by atoms with van der Waals surface area (Å²) >= 11 is 0. The molecule has 1 amide bonds. The molecule has 2 aromatic rings. The van der Waals surface area contributed by atoms with Gasteiger partial charge in [0.15, 0.2) is 0 Å². The number of rotatable bonds is 5. The third kappa shape index (κ3) is 3.80. The highest BCUT2D eigenvalue weighted by atomic mass is 32.2. The van der Waals surface area contributed by atoms with Crippen LogP contribution in [0.3, 0.4) is 0 Å². The topological polar surface area (TPSA) is 130 Å². The molecule has 0 fully saturated rings. The fraction of sp³-hybridized carbons (Fsp3) is 0.167. The largest absolute Gasteiger partial charge is 0.383 e. The number of aromatic amines is 1. The maximum atomic E-state index is 12.0. The van der Waals surface area contributed by atoms with Crippen molar-refractivity contribution in [3.05, 3.63) is 36.0 Å². The SMILES string of the molecule is CC(=O)Nc1ccc(CNS(=O)(=O)c2cn[nH]c2N)cc1. The Morgan fingerprint density at radius 1 is 1.33 bits per heavy atom. The Balaban J connectivity index is 2.03. The molecule has 0 saturated heterocycles. The van der Waals surface area contributed by atoms with Crippen LogP contribution in [0.5, 0.6) is 0 Å². The van der Waals surface area contributed by atoms with E-state index in [1.807, 2.05) is 0 Å². The van der Waals surface area contributed by atoms with Crippen molar-refractivity contribution in [3.63, 3.8) is 0 Å². The molecule has 0 radical (unpaired) electrons. The zero-order valence-corrected chi connectivity index (χ0v) is 12.1. The molecule has 0 unspecified atom stereocenters. The molecule has 9 heteroatoms. The number of sulfonamides is 1. The standard InChI is InChI=1S/C12H15N5O3S/c1-8(18)16-10-4-2-9(3-5-10)6-15-21(19,20)11-7-14-17-12(11)13/h2-5,7,15H,6H2,1H3,(H,16,18)(H3,13,14,17). The number of nitrogens with two attached hydrogens (primary N) is 1. The Hall–Kier alpha value is -2.39.